The molecule has 1 aliphatic heterocycles. The van der Waals surface area contributed by atoms with E-state index in [2.05, 4.69) is 5.32 Å². The molecule has 8 nitrogen and oxygen atoms in total. The number of esters is 1. The first kappa shape index (κ1) is 18.5. The van der Waals surface area contributed by atoms with Crippen molar-refractivity contribution in [1.82, 2.24) is 4.90 Å². The van der Waals surface area contributed by atoms with Gasteiger partial charge in [-0.05, 0) is 55.4 Å². The van der Waals surface area contributed by atoms with Gasteiger partial charge in [0.2, 0.25) is 11.8 Å². The summed E-state index contributed by atoms with van der Waals surface area (Å²) in [7, 11) is 1.54. The summed E-state index contributed by atoms with van der Waals surface area (Å²) in [6.45, 7) is -0.918. The van der Waals surface area contributed by atoms with Gasteiger partial charge in [0.05, 0.1) is 18.9 Å². The van der Waals surface area contributed by atoms with E-state index in [0.717, 1.165) is 24.2 Å². The fraction of sp³-hybridized carbons (Fsp3) is 0.500. The number of hydrogen-bond acceptors (Lipinski definition) is 6. The summed E-state index contributed by atoms with van der Waals surface area (Å²) >= 11 is 0. The molecule has 1 aromatic carbocycles. The van der Waals surface area contributed by atoms with E-state index in [4.69, 9.17) is 9.47 Å². The quantitative estimate of drug-likeness (QED) is 0.582. The maximum Gasteiger partial charge on any atom is 0.326 e. The number of amides is 3. The average molecular weight is 386 g/mol. The van der Waals surface area contributed by atoms with Crippen LogP contribution in [0, 0.1) is 23.7 Å². The third kappa shape index (κ3) is 3.23. The molecule has 2 bridgehead atoms. The summed E-state index contributed by atoms with van der Waals surface area (Å²) < 4.78 is 9.99. The first-order valence-corrected chi connectivity index (χ1v) is 9.42. The number of nitrogens with zero attached hydrogens (tertiary/aromatic N) is 1. The van der Waals surface area contributed by atoms with Crippen LogP contribution in [0.25, 0.3) is 0 Å². The molecule has 0 unspecified atom stereocenters. The highest BCUT2D eigenvalue weighted by Gasteiger charge is 2.61. The predicted molar refractivity (Wildman–Crippen MR) is 97.1 cm³/mol. The molecule has 4 rings (SSSR count). The fourth-order valence-electron chi connectivity index (χ4n) is 4.82. The number of carbonyl (C=O) groups is 4. The van der Waals surface area contributed by atoms with Gasteiger partial charge in [-0.1, -0.05) is 0 Å². The Morgan fingerprint density at radius 3 is 2.25 bits per heavy atom. The van der Waals surface area contributed by atoms with Crippen LogP contribution in [0.1, 0.15) is 19.3 Å². The number of anilines is 1. The van der Waals surface area contributed by atoms with Crippen LogP contribution in [0.15, 0.2) is 24.3 Å². The molecule has 0 spiro atoms. The normalized spacial score (nSPS) is 27.7. The lowest BCUT2D eigenvalue weighted by Gasteiger charge is -2.19. The zero-order chi connectivity index (χ0) is 19.8. The number of fused-ring (bicyclic) bond motifs is 5. The Kier molecular flexibility index (Phi) is 4.78. The van der Waals surface area contributed by atoms with Crippen molar-refractivity contribution in [3.63, 3.8) is 0 Å². The number of imide groups is 1. The van der Waals surface area contributed by atoms with Crippen LogP contribution in [-0.2, 0) is 23.9 Å². The molecule has 8 heteroatoms. The van der Waals surface area contributed by atoms with Crippen molar-refractivity contribution in [2.24, 2.45) is 23.7 Å². The van der Waals surface area contributed by atoms with Crippen LogP contribution < -0.4 is 10.1 Å². The Labute approximate surface area is 162 Å². The van der Waals surface area contributed by atoms with E-state index >= 15 is 0 Å². The molecule has 28 heavy (non-hydrogen) atoms. The van der Waals surface area contributed by atoms with Crippen molar-refractivity contribution in [2.45, 2.75) is 19.3 Å². The molecule has 4 atom stereocenters. The number of nitrogens with one attached hydrogen (secondary N) is 1. The third-order valence-electron chi connectivity index (χ3n) is 6.04. The van der Waals surface area contributed by atoms with Crippen LogP contribution >= 0.6 is 0 Å². The topological polar surface area (TPSA) is 102 Å². The molecule has 148 valence electrons. The van der Waals surface area contributed by atoms with E-state index in [1.807, 2.05) is 0 Å². The molecule has 3 fully saturated rings. The van der Waals surface area contributed by atoms with Gasteiger partial charge in [-0.15, -0.1) is 0 Å². The second-order valence-corrected chi connectivity index (χ2v) is 7.58. The maximum absolute atomic E-state index is 12.6. The molecule has 1 heterocycles. The van der Waals surface area contributed by atoms with Crippen molar-refractivity contribution in [3.8, 4) is 5.75 Å². The first-order valence-electron chi connectivity index (χ1n) is 9.42. The summed E-state index contributed by atoms with van der Waals surface area (Å²) in [5.74, 6) is -1.14. The lowest BCUT2D eigenvalue weighted by atomic mass is 9.81. The zero-order valence-electron chi connectivity index (χ0n) is 15.6. The second kappa shape index (κ2) is 7.26. The molecular weight excluding hydrogens is 364 g/mol. The minimum atomic E-state index is -0.765. The van der Waals surface area contributed by atoms with E-state index in [1.165, 1.54) is 0 Å². The number of benzene rings is 1. The van der Waals surface area contributed by atoms with Gasteiger partial charge in [0.25, 0.3) is 5.91 Å². The molecule has 1 aromatic rings. The summed E-state index contributed by atoms with van der Waals surface area (Å²) in [6.07, 6.45) is 2.90. The Balaban J connectivity index is 1.27. The summed E-state index contributed by atoms with van der Waals surface area (Å²) in [6, 6.07) is 6.70. The highest BCUT2D eigenvalue weighted by molar-refractivity contribution is 6.07. The van der Waals surface area contributed by atoms with E-state index in [9.17, 15) is 19.2 Å². The zero-order valence-corrected chi connectivity index (χ0v) is 15.6. The minimum Gasteiger partial charge on any atom is -0.497 e. The number of hydrogen-bond donors (Lipinski definition) is 1. The van der Waals surface area contributed by atoms with Gasteiger partial charge in [0.1, 0.15) is 12.3 Å². The van der Waals surface area contributed by atoms with Crippen molar-refractivity contribution in [3.05, 3.63) is 24.3 Å². The first-order chi connectivity index (χ1) is 13.5. The number of rotatable bonds is 6. The van der Waals surface area contributed by atoms with E-state index < -0.39 is 25.0 Å². The lowest BCUT2D eigenvalue weighted by molar-refractivity contribution is -0.154. The van der Waals surface area contributed by atoms with Gasteiger partial charge in [0, 0.05) is 5.69 Å². The van der Waals surface area contributed by atoms with Crippen molar-refractivity contribution >= 4 is 29.4 Å². The van der Waals surface area contributed by atoms with Crippen LogP contribution in [-0.4, -0.2) is 48.9 Å². The van der Waals surface area contributed by atoms with Crippen LogP contribution in [0.2, 0.25) is 0 Å². The van der Waals surface area contributed by atoms with Gasteiger partial charge in [-0.3, -0.25) is 24.1 Å². The Hall–Kier alpha value is -2.90. The average Bonchev–Trinajstić information content (AvgIpc) is 3.37. The second-order valence-electron chi connectivity index (χ2n) is 7.58. The number of ether oxygens (including phenoxy) is 2. The Bertz CT molecular complexity index is 792. The molecule has 3 amide bonds. The van der Waals surface area contributed by atoms with Crippen molar-refractivity contribution < 1.29 is 28.7 Å². The Morgan fingerprint density at radius 2 is 1.68 bits per heavy atom. The molecule has 1 saturated heterocycles. The van der Waals surface area contributed by atoms with Crippen LogP contribution in [0.3, 0.4) is 0 Å². The molecule has 0 aromatic heterocycles. The van der Waals surface area contributed by atoms with E-state index in [0.29, 0.717) is 11.4 Å². The largest absolute Gasteiger partial charge is 0.497 e. The minimum absolute atomic E-state index is 0.262. The van der Waals surface area contributed by atoms with Crippen LogP contribution in [0.4, 0.5) is 5.69 Å². The summed E-state index contributed by atoms with van der Waals surface area (Å²) in [4.78, 5) is 50.1. The fourth-order valence-corrected chi connectivity index (χ4v) is 4.82. The smallest absolute Gasteiger partial charge is 0.326 e. The molecule has 1 N–H and O–H groups in total. The van der Waals surface area contributed by atoms with Gasteiger partial charge < -0.3 is 14.8 Å². The van der Waals surface area contributed by atoms with Gasteiger partial charge in [-0.2, -0.15) is 0 Å². The van der Waals surface area contributed by atoms with Gasteiger partial charge >= 0.3 is 5.97 Å². The van der Waals surface area contributed by atoms with Crippen LogP contribution in [0.5, 0.6) is 5.75 Å². The van der Waals surface area contributed by atoms with Gasteiger partial charge in [-0.25, -0.2) is 0 Å². The predicted octanol–water partition coefficient (Wildman–Crippen LogP) is 1.21. The third-order valence-corrected chi connectivity index (χ3v) is 6.04. The molecule has 3 aliphatic rings. The highest BCUT2D eigenvalue weighted by Crippen LogP contribution is 2.56. The van der Waals surface area contributed by atoms with E-state index in [1.54, 1.807) is 31.4 Å². The molecule has 0 radical (unpaired) electrons. The number of methoxy groups -OCH3 is 1. The SMILES string of the molecule is COc1ccc(NC(=O)COC(=O)CN2C(=O)[C@H]3[C@H]4CC[C@@H](C4)[C@@H]3C2=O)cc1. The van der Waals surface area contributed by atoms with Crippen molar-refractivity contribution in [2.75, 3.05) is 25.6 Å². The standard InChI is InChI=1S/C20H22N2O6/c1-27-14-6-4-13(5-7-14)21-15(23)10-28-16(24)9-22-19(25)17-11-2-3-12(8-11)18(17)20(22)26/h4-7,11-12,17-18H,2-3,8-10H2,1H3,(H,21,23)/t11-,12-,17-,18-/m0/s1. The molecular formula is C20H22N2O6. The van der Waals surface area contributed by atoms with E-state index in [-0.39, 0.29) is 35.5 Å². The highest BCUT2D eigenvalue weighted by atomic mass is 16.5. The molecule has 2 aliphatic carbocycles. The lowest BCUT2D eigenvalue weighted by Crippen LogP contribution is -2.38. The Morgan fingerprint density at radius 1 is 1.07 bits per heavy atom. The number of carbonyl (C=O) groups excluding carboxylic acids is 4. The van der Waals surface area contributed by atoms with Gasteiger partial charge in [0.15, 0.2) is 6.61 Å². The maximum atomic E-state index is 12.6. The monoisotopic (exact) mass is 386 g/mol. The summed E-state index contributed by atoms with van der Waals surface area (Å²) in [5, 5.41) is 2.59. The van der Waals surface area contributed by atoms with Crippen molar-refractivity contribution in [1.29, 1.82) is 0 Å². The molecule has 2 saturated carbocycles. The number of likely N-dealkylation sites (tertiary alicyclic amines) is 1. The summed E-state index contributed by atoms with van der Waals surface area (Å²) in [5.41, 5.74) is 0.537.